The molecule has 0 bridgehead atoms. The van der Waals surface area contributed by atoms with Gasteiger partial charge in [-0.1, -0.05) is 170 Å². The van der Waals surface area contributed by atoms with E-state index in [2.05, 4.69) is 210 Å². The maximum Gasteiger partial charge on any atom is 0.145 e. The molecule has 0 fully saturated rings. The minimum atomic E-state index is -0.259. The van der Waals surface area contributed by atoms with E-state index in [4.69, 9.17) is 4.99 Å². The van der Waals surface area contributed by atoms with Gasteiger partial charge in [-0.25, -0.2) is 0 Å². The second kappa shape index (κ2) is 12.7. The summed E-state index contributed by atoms with van der Waals surface area (Å²) in [7, 11) is 0. The number of hydrogen-bond donors (Lipinski definition) is 1. The number of aliphatic imine (C=N–C) groups is 1. The zero-order chi connectivity index (χ0) is 36.3. The van der Waals surface area contributed by atoms with Crippen LogP contribution in [0, 0.1) is 0 Å². The van der Waals surface area contributed by atoms with Gasteiger partial charge >= 0.3 is 0 Å². The lowest BCUT2D eigenvalue weighted by Crippen LogP contribution is -2.20. The van der Waals surface area contributed by atoms with Crippen LogP contribution in [0.5, 0.6) is 0 Å². The number of para-hydroxylation sites is 1. The Morgan fingerprint density at radius 2 is 0.945 bits per heavy atom. The lowest BCUT2D eigenvalue weighted by molar-refractivity contribution is 0.826. The van der Waals surface area contributed by atoms with Crippen LogP contribution in [-0.2, 0) is 0 Å². The van der Waals surface area contributed by atoms with Crippen molar-refractivity contribution in [1.29, 1.82) is 0 Å². The van der Waals surface area contributed by atoms with Crippen molar-refractivity contribution in [3.8, 4) is 27.9 Å². The van der Waals surface area contributed by atoms with Crippen LogP contribution >= 0.6 is 0 Å². The zero-order valence-corrected chi connectivity index (χ0v) is 30.0. The van der Waals surface area contributed by atoms with Crippen LogP contribution in [0.25, 0.3) is 71.3 Å². The van der Waals surface area contributed by atoms with Crippen LogP contribution in [-0.4, -0.2) is 10.3 Å². The van der Waals surface area contributed by atoms with Gasteiger partial charge in [-0.3, -0.25) is 4.99 Å². The molecule has 1 aliphatic rings. The average molecular weight is 702 g/mol. The van der Waals surface area contributed by atoms with E-state index in [9.17, 15) is 0 Å². The molecule has 0 spiro atoms. The molecule has 55 heavy (non-hydrogen) atoms. The molecule has 0 aliphatic carbocycles. The molecule has 0 amide bonds. The third kappa shape index (κ3) is 5.24. The molecule has 0 radical (unpaired) electrons. The number of benzene rings is 9. The van der Waals surface area contributed by atoms with Crippen molar-refractivity contribution in [2.24, 2.45) is 4.99 Å². The van der Waals surface area contributed by atoms with E-state index in [1.807, 2.05) is 0 Å². The van der Waals surface area contributed by atoms with Gasteiger partial charge in [-0.15, -0.1) is 0 Å². The summed E-state index contributed by atoms with van der Waals surface area (Å²) in [5.74, 6) is 0. The molecule has 258 valence electrons. The van der Waals surface area contributed by atoms with E-state index >= 15 is 0 Å². The first-order valence-corrected chi connectivity index (χ1v) is 18.9. The molecule has 11 rings (SSSR count). The van der Waals surface area contributed by atoms with E-state index in [-0.39, 0.29) is 6.17 Å². The fraction of sp³-hybridized carbons (Fsp3) is 0.0192. The monoisotopic (exact) mass is 701 g/mol. The molecule has 3 heteroatoms. The Hall–Kier alpha value is -7.23. The van der Waals surface area contributed by atoms with Gasteiger partial charge in [0, 0.05) is 33.3 Å². The van der Waals surface area contributed by atoms with Gasteiger partial charge in [0.05, 0.1) is 16.7 Å². The van der Waals surface area contributed by atoms with E-state index < -0.39 is 0 Å². The van der Waals surface area contributed by atoms with Gasteiger partial charge in [0.15, 0.2) is 0 Å². The summed E-state index contributed by atoms with van der Waals surface area (Å²) in [5.41, 5.74) is 13.7. The van der Waals surface area contributed by atoms with Crippen molar-refractivity contribution in [2.45, 2.75) is 6.17 Å². The molecule has 2 heterocycles. The number of nitrogens with zero attached hydrogens (tertiary/aromatic N) is 2. The zero-order valence-electron chi connectivity index (χ0n) is 30.0. The van der Waals surface area contributed by atoms with Crippen molar-refractivity contribution in [3.63, 3.8) is 0 Å². The van der Waals surface area contributed by atoms with Gasteiger partial charge < -0.3 is 9.88 Å². The highest BCUT2D eigenvalue weighted by Gasteiger charge is 2.24. The second-order valence-corrected chi connectivity index (χ2v) is 14.4. The maximum atomic E-state index is 5.44. The van der Waals surface area contributed by atoms with Crippen LogP contribution in [0.1, 0.15) is 22.9 Å². The smallest absolute Gasteiger partial charge is 0.145 e. The number of anilines is 1. The summed E-state index contributed by atoms with van der Waals surface area (Å²) >= 11 is 0. The van der Waals surface area contributed by atoms with Gasteiger partial charge in [0.2, 0.25) is 0 Å². The van der Waals surface area contributed by atoms with Gasteiger partial charge in [0.1, 0.15) is 6.17 Å². The Balaban J connectivity index is 1.00. The molecule has 0 saturated carbocycles. The number of fused-ring (bicyclic) bond motifs is 8. The summed E-state index contributed by atoms with van der Waals surface area (Å²) in [6, 6.07) is 72.1. The first-order valence-electron chi connectivity index (χ1n) is 18.9. The Morgan fingerprint density at radius 3 is 1.58 bits per heavy atom. The van der Waals surface area contributed by atoms with Crippen LogP contribution < -0.4 is 5.32 Å². The van der Waals surface area contributed by atoms with Crippen LogP contribution in [0.3, 0.4) is 0 Å². The van der Waals surface area contributed by atoms with Crippen molar-refractivity contribution >= 4 is 54.7 Å². The molecule has 1 aliphatic heterocycles. The molecule has 1 aromatic heterocycles. The first kappa shape index (κ1) is 31.3. The minimum absolute atomic E-state index is 0.259. The second-order valence-electron chi connectivity index (χ2n) is 14.4. The Kier molecular flexibility index (Phi) is 7.24. The highest BCUT2D eigenvalue weighted by atomic mass is 15.1. The third-order valence-corrected chi connectivity index (χ3v) is 11.2. The third-order valence-electron chi connectivity index (χ3n) is 11.2. The molecule has 0 saturated heterocycles. The van der Waals surface area contributed by atoms with E-state index in [1.165, 1.54) is 65.6 Å². The summed E-state index contributed by atoms with van der Waals surface area (Å²) in [5, 5.41) is 11.4. The molecule has 9 aromatic carbocycles. The van der Waals surface area contributed by atoms with Crippen molar-refractivity contribution < 1.29 is 0 Å². The molecule has 1 N–H and O–H groups in total. The minimum Gasteiger partial charge on any atom is -0.360 e. The number of hydrogen-bond acceptors (Lipinski definition) is 2. The fourth-order valence-corrected chi connectivity index (χ4v) is 8.55. The number of rotatable bonds is 5. The largest absolute Gasteiger partial charge is 0.360 e. The van der Waals surface area contributed by atoms with E-state index in [1.54, 1.807) is 0 Å². The SMILES string of the molecule is c1ccc(-c2ccc(-c3ccc(C4=NC(c5cccc(-n6c7ccc8ccccc8c7c7c8ccccc8ccc76)c5)Nc5ccccc54)cc3)cc2)cc1. The van der Waals surface area contributed by atoms with Crippen molar-refractivity contribution in [3.05, 3.63) is 217 Å². The number of aromatic nitrogens is 1. The fourth-order valence-electron chi connectivity index (χ4n) is 8.55. The van der Waals surface area contributed by atoms with Gasteiger partial charge in [0.25, 0.3) is 0 Å². The van der Waals surface area contributed by atoms with Crippen LogP contribution in [0.15, 0.2) is 205 Å². The average Bonchev–Trinajstić information content (AvgIpc) is 3.62. The number of nitrogens with one attached hydrogen (secondary N) is 1. The normalized spacial score (nSPS) is 13.9. The van der Waals surface area contributed by atoms with E-state index in [0.29, 0.717) is 0 Å². The molecular formula is C52H35N3. The summed E-state index contributed by atoms with van der Waals surface area (Å²) in [6.45, 7) is 0. The molecule has 1 unspecified atom stereocenters. The Bertz CT molecular complexity index is 3010. The Morgan fingerprint density at radius 1 is 0.418 bits per heavy atom. The van der Waals surface area contributed by atoms with Gasteiger partial charge in [-0.05, 0) is 79.7 Å². The van der Waals surface area contributed by atoms with Crippen LogP contribution in [0.4, 0.5) is 5.69 Å². The maximum absolute atomic E-state index is 5.44. The lowest BCUT2D eigenvalue weighted by atomic mass is 9.95. The van der Waals surface area contributed by atoms with Crippen LogP contribution in [0.2, 0.25) is 0 Å². The van der Waals surface area contributed by atoms with Gasteiger partial charge in [-0.2, -0.15) is 0 Å². The summed E-state index contributed by atoms with van der Waals surface area (Å²) < 4.78 is 2.43. The molecule has 3 nitrogen and oxygen atoms in total. The molecule has 10 aromatic rings. The topological polar surface area (TPSA) is 29.3 Å². The molecule has 1 atom stereocenters. The predicted octanol–water partition coefficient (Wildman–Crippen LogP) is 13.4. The molecular weight excluding hydrogens is 667 g/mol. The highest BCUT2D eigenvalue weighted by molar-refractivity contribution is 6.28. The first-order chi connectivity index (χ1) is 27.3. The summed E-state index contributed by atoms with van der Waals surface area (Å²) in [6.07, 6.45) is -0.259. The standard InChI is InChI=1S/C52H35N3/c1-2-11-34(12-3-1)35-21-23-36(24-22-35)37-25-27-40(28-26-37)51-45-19-8-9-20-46(45)53-52(54-51)41-15-10-16-42(33-41)55-47-31-29-38-13-4-6-17-43(38)49(47)50-44-18-7-5-14-39(44)30-32-48(50)55/h1-33,52-53H. The quantitative estimate of drug-likeness (QED) is 0.190. The van der Waals surface area contributed by atoms with E-state index in [0.717, 1.165) is 33.8 Å². The highest BCUT2D eigenvalue weighted by Crippen LogP contribution is 2.41. The van der Waals surface area contributed by atoms with Crippen molar-refractivity contribution in [2.75, 3.05) is 5.32 Å². The summed E-state index contributed by atoms with van der Waals surface area (Å²) in [4.78, 5) is 5.44. The predicted molar refractivity (Wildman–Crippen MR) is 232 cm³/mol. The van der Waals surface area contributed by atoms with Crippen molar-refractivity contribution in [1.82, 2.24) is 4.57 Å². The Labute approximate surface area is 319 Å². The lowest BCUT2D eigenvalue weighted by Gasteiger charge is -2.26.